The molecule has 3 rings (SSSR count). The molecule has 27 heavy (non-hydrogen) atoms. The zero-order chi connectivity index (χ0) is 19.4. The molecule has 0 aliphatic carbocycles. The molecule has 3 aromatic rings. The Balaban J connectivity index is 1.59. The summed E-state index contributed by atoms with van der Waals surface area (Å²) in [5.41, 5.74) is 5.12. The summed E-state index contributed by atoms with van der Waals surface area (Å²) in [4.78, 5) is 24.0. The maximum absolute atomic E-state index is 12.1. The number of nitrogens with one attached hydrogen (secondary N) is 2. The fourth-order valence-corrected chi connectivity index (χ4v) is 3.82. The Morgan fingerprint density at radius 3 is 2.48 bits per heavy atom. The molecule has 2 N–H and O–H groups in total. The van der Waals surface area contributed by atoms with Gasteiger partial charge in [0.15, 0.2) is 6.61 Å². The lowest BCUT2D eigenvalue weighted by atomic mass is 10.1. The molecule has 0 spiro atoms. The zero-order valence-corrected chi connectivity index (χ0v) is 18.5. The van der Waals surface area contributed by atoms with Gasteiger partial charge in [-0.05, 0) is 73.0 Å². The van der Waals surface area contributed by atoms with Crippen molar-refractivity contribution in [3.8, 4) is 5.75 Å². The monoisotopic (exact) mass is 554 g/mol. The molecule has 0 aliphatic heterocycles. The third-order valence-electron chi connectivity index (χ3n) is 3.67. The average molecular weight is 557 g/mol. The highest BCUT2D eigenvalue weighted by atomic mass is 79.9. The molecule has 0 atom stereocenters. The van der Waals surface area contributed by atoms with Gasteiger partial charge in [0.2, 0.25) is 0 Å². The van der Waals surface area contributed by atoms with Gasteiger partial charge >= 0.3 is 0 Å². The highest BCUT2D eigenvalue weighted by Gasteiger charge is 2.12. The van der Waals surface area contributed by atoms with Crippen molar-refractivity contribution in [1.29, 1.82) is 0 Å². The molecule has 5 nitrogen and oxygen atoms in total. The number of benzene rings is 3. The lowest BCUT2D eigenvalue weighted by Crippen LogP contribution is -2.43. The third kappa shape index (κ3) is 4.88. The Bertz CT molecular complexity index is 1020. The third-order valence-corrected chi connectivity index (χ3v) is 5.68. The standard InChI is InChI=1S/C19H13Br3N2O3/c20-12-6-7-13-11(9-12)5-8-16(18(13)22)27-10-17(25)23-24-19(26)14-3-1-2-4-15(14)21/h1-9H,10H2,(H,23,25)(H,24,26). The summed E-state index contributed by atoms with van der Waals surface area (Å²) in [5.74, 6) is -0.358. The summed E-state index contributed by atoms with van der Waals surface area (Å²) in [6.07, 6.45) is 0. The minimum absolute atomic E-state index is 0.239. The highest BCUT2D eigenvalue weighted by Crippen LogP contribution is 2.34. The minimum Gasteiger partial charge on any atom is -0.483 e. The van der Waals surface area contributed by atoms with Crippen LogP contribution in [0.3, 0.4) is 0 Å². The molecule has 0 saturated carbocycles. The van der Waals surface area contributed by atoms with Crippen LogP contribution in [-0.4, -0.2) is 18.4 Å². The van der Waals surface area contributed by atoms with Crippen LogP contribution in [-0.2, 0) is 4.79 Å². The first-order chi connectivity index (χ1) is 13.0. The molecular formula is C19H13Br3N2O3. The van der Waals surface area contributed by atoms with Crippen molar-refractivity contribution >= 4 is 70.4 Å². The van der Waals surface area contributed by atoms with Crippen molar-refractivity contribution in [2.75, 3.05) is 6.61 Å². The van der Waals surface area contributed by atoms with Crippen molar-refractivity contribution in [2.45, 2.75) is 0 Å². The number of carbonyl (C=O) groups excluding carboxylic acids is 2. The van der Waals surface area contributed by atoms with Crippen LogP contribution in [0.2, 0.25) is 0 Å². The molecule has 8 heteroatoms. The topological polar surface area (TPSA) is 67.4 Å². The fraction of sp³-hybridized carbons (Fsp3) is 0.0526. The van der Waals surface area contributed by atoms with Crippen molar-refractivity contribution < 1.29 is 14.3 Å². The fourth-order valence-electron chi connectivity index (χ4n) is 2.37. The summed E-state index contributed by atoms with van der Waals surface area (Å²) in [6, 6.07) is 16.5. The first kappa shape index (κ1) is 19.9. The molecule has 0 aromatic heterocycles. The van der Waals surface area contributed by atoms with Crippen molar-refractivity contribution in [3.05, 3.63) is 73.6 Å². The molecule has 3 aromatic carbocycles. The van der Waals surface area contributed by atoms with E-state index in [-0.39, 0.29) is 6.61 Å². The van der Waals surface area contributed by atoms with Crippen molar-refractivity contribution in [3.63, 3.8) is 0 Å². The van der Waals surface area contributed by atoms with E-state index in [1.807, 2.05) is 24.3 Å². The second-order valence-electron chi connectivity index (χ2n) is 5.51. The summed E-state index contributed by atoms with van der Waals surface area (Å²) >= 11 is 10.2. The van der Waals surface area contributed by atoms with Gasteiger partial charge in [0.1, 0.15) is 5.75 Å². The second-order valence-corrected chi connectivity index (χ2v) is 8.08. The summed E-state index contributed by atoms with van der Waals surface area (Å²) < 4.78 is 7.95. The maximum atomic E-state index is 12.1. The first-order valence-corrected chi connectivity index (χ1v) is 10.2. The van der Waals surface area contributed by atoms with E-state index in [1.165, 1.54) is 0 Å². The van der Waals surface area contributed by atoms with Gasteiger partial charge in [0.25, 0.3) is 11.8 Å². The molecule has 0 unspecified atom stereocenters. The smallest absolute Gasteiger partial charge is 0.276 e. The van der Waals surface area contributed by atoms with Gasteiger partial charge in [-0.1, -0.05) is 40.2 Å². The molecule has 0 radical (unpaired) electrons. The van der Waals surface area contributed by atoms with E-state index in [0.29, 0.717) is 15.8 Å². The molecule has 0 saturated heterocycles. The summed E-state index contributed by atoms with van der Waals surface area (Å²) in [6.45, 7) is -0.239. The van der Waals surface area contributed by atoms with Crippen LogP contribution in [0.25, 0.3) is 10.8 Å². The predicted octanol–water partition coefficient (Wildman–Crippen LogP) is 4.97. The van der Waals surface area contributed by atoms with E-state index < -0.39 is 11.8 Å². The number of fused-ring (bicyclic) bond motifs is 1. The largest absolute Gasteiger partial charge is 0.483 e. The van der Waals surface area contributed by atoms with E-state index in [4.69, 9.17) is 4.74 Å². The van der Waals surface area contributed by atoms with Gasteiger partial charge in [-0.25, -0.2) is 0 Å². The second kappa shape index (κ2) is 8.86. The lowest BCUT2D eigenvalue weighted by molar-refractivity contribution is -0.123. The van der Waals surface area contributed by atoms with Crippen LogP contribution < -0.4 is 15.6 Å². The predicted molar refractivity (Wildman–Crippen MR) is 115 cm³/mol. The zero-order valence-electron chi connectivity index (χ0n) is 13.8. The number of hydrogen-bond donors (Lipinski definition) is 2. The van der Waals surface area contributed by atoms with E-state index in [0.717, 1.165) is 19.7 Å². The van der Waals surface area contributed by atoms with Gasteiger partial charge in [0, 0.05) is 8.95 Å². The average Bonchev–Trinajstić information content (AvgIpc) is 2.66. The van der Waals surface area contributed by atoms with E-state index in [9.17, 15) is 9.59 Å². The SMILES string of the molecule is O=C(COc1ccc2cc(Br)ccc2c1Br)NNC(=O)c1ccccc1Br. The van der Waals surface area contributed by atoms with Gasteiger partial charge in [-0.3, -0.25) is 20.4 Å². The van der Waals surface area contributed by atoms with Crippen molar-refractivity contribution in [1.82, 2.24) is 10.9 Å². The van der Waals surface area contributed by atoms with Crippen LogP contribution in [0.4, 0.5) is 0 Å². The number of amides is 2. The van der Waals surface area contributed by atoms with Crippen LogP contribution in [0, 0.1) is 0 Å². The number of rotatable bonds is 4. The van der Waals surface area contributed by atoms with Gasteiger partial charge in [-0.15, -0.1) is 0 Å². The molecule has 0 aliphatic rings. The molecule has 0 bridgehead atoms. The van der Waals surface area contributed by atoms with Gasteiger partial charge in [-0.2, -0.15) is 0 Å². The van der Waals surface area contributed by atoms with Crippen LogP contribution >= 0.6 is 47.8 Å². The van der Waals surface area contributed by atoms with Gasteiger partial charge < -0.3 is 4.74 Å². The summed E-state index contributed by atoms with van der Waals surface area (Å²) in [7, 11) is 0. The van der Waals surface area contributed by atoms with E-state index in [1.54, 1.807) is 30.3 Å². The van der Waals surface area contributed by atoms with Crippen LogP contribution in [0.5, 0.6) is 5.75 Å². The van der Waals surface area contributed by atoms with E-state index >= 15 is 0 Å². The highest BCUT2D eigenvalue weighted by molar-refractivity contribution is 9.11. The Hall–Kier alpha value is -1.90. The van der Waals surface area contributed by atoms with Crippen LogP contribution in [0.15, 0.2) is 68.0 Å². The number of ether oxygens (including phenoxy) is 1. The lowest BCUT2D eigenvalue weighted by Gasteiger charge is -2.12. The Morgan fingerprint density at radius 2 is 1.70 bits per heavy atom. The first-order valence-electron chi connectivity index (χ1n) is 7.80. The molecule has 0 heterocycles. The Kier molecular flexibility index (Phi) is 6.51. The van der Waals surface area contributed by atoms with Gasteiger partial charge in [0.05, 0.1) is 10.0 Å². The van der Waals surface area contributed by atoms with E-state index in [2.05, 4.69) is 58.6 Å². The summed E-state index contributed by atoms with van der Waals surface area (Å²) in [5, 5.41) is 2.01. The normalized spacial score (nSPS) is 10.5. The Labute approximate surface area is 180 Å². The molecule has 2 amide bonds. The number of hydrogen-bond acceptors (Lipinski definition) is 3. The van der Waals surface area contributed by atoms with Crippen molar-refractivity contribution in [2.24, 2.45) is 0 Å². The number of carbonyl (C=O) groups is 2. The van der Waals surface area contributed by atoms with Crippen LogP contribution in [0.1, 0.15) is 10.4 Å². The minimum atomic E-state index is -0.474. The molecule has 138 valence electrons. The molecular weight excluding hydrogens is 544 g/mol. The molecule has 0 fully saturated rings. The quantitative estimate of drug-likeness (QED) is 0.446. The number of halogens is 3. The number of hydrazine groups is 1. The maximum Gasteiger partial charge on any atom is 0.276 e. The Morgan fingerprint density at radius 1 is 0.926 bits per heavy atom.